The van der Waals surface area contributed by atoms with E-state index in [2.05, 4.69) is 0 Å². The van der Waals surface area contributed by atoms with Crippen molar-refractivity contribution in [1.29, 1.82) is 0 Å². The SMILES string of the molecule is COc1cc2c(cc1OC)C(COc1ccc3c(C)cc(=O)oc3c1)N(C(=O)c1cccc([N+](=O)[O-])c1C)CC2. The van der Waals surface area contributed by atoms with Gasteiger partial charge in [-0.15, -0.1) is 0 Å². The predicted octanol–water partition coefficient (Wildman–Crippen LogP) is 5.15. The Labute approximate surface area is 229 Å². The number of nitrogens with zero attached hydrogens (tertiary/aromatic N) is 2. The molecule has 0 saturated heterocycles. The Morgan fingerprint density at radius 2 is 1.82 bits per heavy atom. The molecule has 3 aromatic carbocycles. The summed E-state index contributed by atoms with van der Waals surface area (Å²) in [5, 5.41) is 12.3. The molecular formula is C30H28N2O8. The summed E-state index contributed by atoms with van der Waals surface area (Å²) in [4.78, 5) is 38.5. The van der Waals surface area contributed by atoms with Crippen molar-refractivity contribution in [3.63, 3.8) is 0 Å². The lowest BCUT2D eigenvalue weighted by molar-refractivity contribution is -0.385. The molecule has 0 spiro atoms. The number of nitro groups is 1. The first kappa shape index (κ1) is 26.7. The normalized spacial score (nSPS) is 14.5. The van der Waals surface area contributed by atoms with Gasteiger partial charge in [0.25, 0.3) is 11.6 Å². The number of hydrogen-bond donors (Lipinski definition) is 0. The van der Waals surface area contributed by atoms with Crippen LogP contribution in [0.15, 0.2) is 63.8 Å². The first-order valence-electron chi connectivity index (χ1n) is 12.7. The van der Waals surface area contributed by atoms with Gasteiger partial charge in [-0.3, -0.25) is 14.9 Å². The molecule has 0 fully saturated rings. The fourth-order valence-corrected chi connectivity index (χ4v) is 5.23. The van der Waals surface area contributed by atoms with Crippen LogP contribution in [0.25, 0.3) is 11.0 Å². The van der Waals surface area contributed by atoms with Gasteiger partial charge in [0.15, 0.2) is 11.5 Å². The maximum atomic E-state index is 13.9. The highest BCUT2D eigenvalue weighted by Crippen LogP contribution is 2.39. The number of carbonyl (C=O) groups excluding carboxylic acids is 1. The Bertz CT molecular complexity index is 1690. The second kappa shape index (κ2) is 10.7. The summed E-state index contributed by atoms with van der Waals surface area (Å²) in [7, 11) is 3.10. The first-order valence-corrected chi connectivity index (χ1v) is 12.7. The van der Waals surface area contributed by atoms with E-state index in [1.165, 1.54) is 18.2 Å². The minimum Gasteiger partial charge on any atom is -0.493 e. The summed E-state index contributed by atoms with van der Waals surface area (Å²) < 4.78 is 22.6. The summed E-state index contributed by atoms with van der Waals surface area (Å²) >= 11 is 0. The summed E-state index contributed by atoms with van der Waals surface area (Å²) in [6.07, 6.45) is 0.548. The van der Waals surface area contributed by atoms with Gasteiger partial charge in [0, 0.05) is 41.3 Å². The fourth-order valence-electron chi connectivity index (χ4n) is 5.23. The maximum Gasteiger partial charge on any atom is 0.336 e. The van der Waals surface area contributed by atoms with Crippen LogP contribution in [-0.4, -0.2) is 43.1 Å². The molecule has 1 aliphatic heterocycles. The van der Waals surface area contributed by atoms with Gasteiger partial charge in [0.1, 0.15) is 17.9 Å². The number of hydrogen-bond acceptors (Lipinski definition) is 8. The lowest BCUT2D eigenvalue weighted by atomic mass is 9.91. The van der Waals surface area contributed by atoms with E-state index in [0.717, 1.165) is 22.1 Å². The van der Waals surface area contributed by atoms with Gasteiger partial charge in [-0.1, -0.05) is 6.07 Å². The Morgan fingerprint density at radius 1 is 1.07 bits per heavy atom. The van der Waals surface area contributed by atoms with Crippen molar-refractivity contribution in [3.8, 4) is 17.2 Å². The van der Waals surface area contributed by atoms with E-state index in [1.807, 2.05) is 25.1 Å². The van der Waals surface area contributed by atoms with Gasteiger partial charge >= 0.3 is 5.63 Å². The summed E-state index contributed by atoms with van der Waals surface area (Å²) in [5.41, 5.74) is 2.99. The van der Waals surface area contributed by atoms with Crippen LogP contribution >= 0.6 is 0 Å². The molecular weight excluding hydrogens is 516 g/mol. The van der Waals surface area contributed by atoms with Gasteiger partial charge < -0.3 is 23.5 Å². The predicted molar refractivity (Wildman–Crippen MR) is 148 cm³/mol. The zero-order valence-electron chi connectivity index (χ0n) is 22.6. The highest BCUT2D eigenvalue weighted by atomic mass is 16.6. The molecule has 5 rings (SSSR count). The molecule has 1 aromatic heterocycles. The summed E-state index contributed by atoms with van der Waals surface area (Å²) in [6, 6.07) is 14.4. The molecule has 206 valence electrons. The maximum absolute atomic E-state index is 13.9. The Balaban J connectivity index is 1.54. The Kier molecular flexibility index (Phi) is 7.17. The quantitative estimate of drug-likeness (QED) is 0.178. The number of rotatable bonds is 7. The van der Waals surface area contributed by atoms with E-state index in [1.54, 1.807) is 44.2 Å². The largest absolute Gasteiger partial charge is 0.493 e. The average molecular weight is 545 g/mol. The van der Waals surface area contributed by atoms with Gasteiger partial charge in [0.2, 0.25) is 0 Å². The zero-order chi connectivity index (χ0) is 28.6. The van der Waals surface area contributed by atoms with Crippen LogP contribution in [0, 0.1) is 24.0 Å². The topological polar surface area (TPSA) is 121 Å². The molecule has 1 aliphatic rings. The molecule has 40 heavy (non-hydrogen) atoms. The molecule has 0 N–H and O–H groups in total. The van der Waals surface area contributed by atoms with Crippen molar-refractivity contribution >= 4 is 22.6 Å². The summed E-state index contributed by atoms with van der Waals surface area (Å²) in [6.45, 7) is 3.85. The number of carbonyl (C=O) groups is 1. The van der Waals surface area contributed by atoms with Crippen LogP contribution in [0.3, 0.4) is 0 Å². The lowest BCUT2D eigenvalue weighted by Crippen LogP contribution is -2.42. The van der Waals surface area contributed by atoms with Crippen molar-refractivity contribution in [2.24, 2.45) is 0 Å². The standard InChI is InChI=1S/C30H28N2O8/c1-17-12-29(33)40-26-14-20(8-9-21(17)26)39-16-25-23-15-28(38-4)27(37-3)13-19(23)10-11-31(25)30(34)22-6-5-7-24(18(22)2)32(35)36/h5-9,12-15,25H,10-11,16H2,1-4H3. The third-order valence-corrected chi connectivity index (χ3v) is 7.33. The monoisotopic (exact) mass is 544 g/mol. The molecule has 0 saturated carbocycles. The van der Waals surface area contributed by atoms with E-state index in [-0.39, 0.29) is 23.8 Å². The van der Waals surface area contributed by atoms with Crippen LogP contribution < -0.4 is 19.8 Å². The molecule has 0 radical (unpaired) electrons. The van der Waals surface area contributed by atoms with Crippen molar-refractivity contribution in [1.82, 2.24) is 4.90 Å². The molecule has 0 bridgehead atoms. The van der Waals surface area contributed by atoms with E-state index >= 15 is 0 Å². The Hall–Kier alpha value is -4.86. The van der Waals surface area contributed by atoms with Crippen molar-refractivity contribution in [3.05, 3.63) is 103 Å². The first-order chi connectivity index (χ1) is 19.2. The third-order valence-electron chi connectivity index (χ3n) is 7.33. The second-order valence-corrected chi connectivity index (χ2v) is 9.59. The van der Waals surface area contributed by atoms with E-state index in [0.29, 0.717) is 41.4 Å². The molecule has 10 heteroatoms. The van der Waals surface area contributed by atoms with Crippen LogP contribution in [0.4, 0.5) is 5.69 Å². The molecule has 1 atom stereocenters. The number of amides is 1. The smallest absolute Gasteiger partial charge is 0.336 e. The summed E-state index contributed by atoms with van der Waals surface area (Å²) in [5.74, 6) is 1.22. The van der Waals surface area contributed by atoms with E-state index < -0.39 is 16.6 Å². The van der Waals surface area contributed by atoms with Crippen molar-refractivity contribution < 1.29 is 28.3 Å². The zero-order valence-corrected chi connectivity index (χ0v) is 22.6. The number of aryl methyl sites for hydroxylation is 1. The van der Waals surface area contributed by atoms with Gasteiger partial charge in [-0.25, -0.2) is 4.79 Å². The number of ether oxygens (including phenoxy) is 3. The number of benzene rings is 3. The lowest BCUT2D eigenvalue weighted by Gasteiger charge is -2.38. The second-order valence-electron chi connectivity index (χ2n) is 9.59. The van der Waals surface area contributed by atoms with E-state index in [9.17, 15) is 19.7 Å². The Morgan fingerprint density at radius 3 is 2.55 bits per heavy atom. The van der Waals surface area contributed by atoms with Crippen LogP contribution in [0.5, 0.6) is 17.2 Å². The average Bonchev–Trinajstić information content (AvgIpc) is 2.94. The molecule has 2 heterocycles. The number of fused-ring (bicyclic) bond motifs is 2. The molecule has 1 amide bonds. The van der Waals surface area contributed by atoms with Crippen molar-refractivity contribution in [2.45, 2.75) is 26.3 Å². The van der Waals surface area contributed by atoms with Crippen LogP contribution in [-0.2, 0) is 6.42 Å². The minimum absolute atomic E-state index is 0.0732. The number of nitro benzene ring substituents is 1. The van der Waals surface area contributed by atoms with Crippen LogP contribution in [0.2, 0.25) is 0 Å². The van der Waals surface area contributed by atoms with Gasteiger partial charge in [-0.05, 0) is 67.3 Å². The minimum atomic E-state index is -0.546. The molecule has 10 nitrogen and oxygen atoms in total. The van der Waals surface area contributed by atoms with Crippen molar-refractivity contribution in [2.75, 3.05) is 27.4 Å². The number of methoxy groups -OCH3 is 2. The fraction of sp³-hybridized carbons (Fsp3) is 0.267. The van der Waals surface area contributed by atoms with Crippen LogP contribution in [0.1, 0.15) is 38.7 Å². The van der Waals surface area contributed by atoms with E-state index in [4.69, 9.17) is 18.6 Å². The highest BCUT2D eigenvalue weighted by Gasteiger charge is 2.34. The van der Waals surface area contributed by atoms with Gasteiger partial charge in [0.05, 0.1) is 25.2 Å². The van der Waals surface area contributed by atoms with Gasteiger partial charge in [-0.2, -0.15) is 0 Å². The highest BCUT2D eigenvalue weighted by molar-refractivity contribution is 5.97. The third kappa shape index (κ3) is 4.84. The molecule has 1 unspecified atom stereocenters. The molecule has 4 aromatic rings. The molecule has 0 aliphatic carbocycles.